The van der Waals surface area contributed by atoms with Gasteiger partial charge in [0.25, 0.3) is 5.56 Å². The molecule has 1 saturated heterocycles. The van der Waals surface area contributed by atoms with Gasteiger partial charge in [0, 0.05) is 47.7 Å². The number of aromatic amines is 2. The molecule has 5 aromatic rings. The minimum Gasteiger partial charge on any atom is -0.619 e. The van der Waals surface area contributed by atoms with Crippen LogP contribution in [0.4, 0.5) is 0 Å². The fraction of sp³-hybridized carbons (Fsp3) is 0.214. The number of nitrogens with one attached hydrogen (secondary N) is 2. The van der Waals surface area contributed by atoms with Crippen LogP contribution in [0.25, 0.3) is 33.1 Å². The molecule has 36 heavy (non-hydrogen) atoms. The maximum Gasteiger partial charge on any atom is 0.257 e. The van der Waals surface area contributed by atoms with Crippen molar-refractivity contribution in [1.29, 1.82) is 0 Å². The van der Waals surface area contributed by atoms with Crippen molar-refractivity contribution >= 4 is 21.8 Å². The maximum atomic E-state index is 12.7. The van der Waals surface area contributed by atoms with Gasteiger partial charge in [-0.3, -0.25) is 9.69 Å². The number of likely N-dealkylation sites (tertiary alicyclic amines) is 1. The Kier molecular flexibility index (Phi) is 5.67. The third-order valence-electron chi connectivity index (χ3n) is 6.84. The van der Waals surface area contributed by atoms with E-state index in [4.69, 9.17) is 4.74 Å². The zero-order chi connectivity index (χ0) is 24.6. The number of hydrogen-bond donors (Lipinski definition) is 3. The van der Waals surface area contributed by atoms with E-state index >= 15 is 0 Å². The van der Waals surface area contributed by atoms with Crippen LogP contribution in [0.1, 0.15) is 12.0 Å². The van der Waals surface area contributed by atoms with Crippen LogP contribution >= 0.6 is 0 Å². The van der Waals surface area contributed by atoms with Gasteiger partial charge in [0.1, 0.15) is 12.4 Å². The van der Waals surface area contributed by atoms with E-state index in [1.165, 1.54) is 12.4 Å². The number of aromatic nitrogens is 3. The zero-order valence-electron chi connectivity index (χ0n) is 19.6. The number of rotatable bonds is 6. The summed E-state index contributed by atoms with van der Waals surface area (Å²) in [7, 11) is 0. The lowest BCUT2D eigenvalue weighted by atomic mass is 10.1. The number of para-hydroxylation sites is 1. The van der Waals surface area contributed by atoms with Crippen molar-refractivity contribution in [3.63, 3.8) is 0 Å². The molecule has 0 aliphatic carbocycles. The van der Waals surface area contributed by atoms with Crippen molar-refractivity contribution in [3.05, 3.63) is 100 Å². The highest BCUT2D eigenvalue weighted by atomic mass is 16.5. The summed E-state index contributed by atoms with van der Waals surface area (Å²) in [6, 6.07) is 21.1. The Labute approximate surface area is 207 Å². The molecule has 1 fully saturated rings. The predicted octanol–water partition coefficient (Wildman–Crippen LogP) is 3.32. The number of pyridine rings is 2. The van der Waals surface area contributed by atoms with Crippen LogP contribution in [-0.4, -0.2) is 45.3 Å². The van der Waals surface area contributed by atoms with E-state index in [1.807, 2.05) is 54.6 Å². The zero-order valence-corrected chi connectivity index (χ0v) is 19.6. The SMILES string of the molecule is O=c1[nH]c2ccccc2cc1-c1cc2cc(OC[C@@H]3C[C@@H](O)CN3Cc3cc[n+]([O-])cc3)ccc2[nH]1. The van der Waals surface area contributed by atoms with Gasteiger partial charge in [0.2, 0.25) is 0 Å². The average Bonchev–Trinajstić information content (AvgIpc) is 3.45. The molecule has 1 aliphatic heterocycles. The molecule has 3 N–H and O–H groups in total. The van der Waals surface area contributed by atoms with Crippen molar-refractivity contribution in [1.82, 2.24) is 14.9 Å². The maximum absolute atomic E-state index is 12.7. The van der Waals surface area contributed by atoms with Gasteiger partial charge >= 0.3 is 0 Å². The Balaban J connectivity index is 1.19. The third kappa shape index (κ3) is 4.44. The first-order valence-electron chi connectivity index (χ1n) is 12.0. The fourth-order valence-corrected chi connectivity index (χ4v) is 4.99. The number of β-amino-alcohol motifs (C(OH)–C–C–N with tert-alkyl or cyclic N) is 1. The second kappa shape index (κ2) is 9.14. The summed E-state index contributed by atoms with van der Waals surface area (Å²) in [4.78, 5) is 21.2. The highest BCUT2D eigenvalue weighted by Crippen LogP contribution is 2.28. The molecule has 6 rings (SSSR count). The molecule has 0 bridgehead atoms. The van der Waals surface area contributed by atoms with Crippen LogP contribution in [0.15, 0.2) is 83.9 Å². The summed E-state index contributed by atoms with van der Waals surface area (Å²) in [5, 5.41) is 23.5. The topological polar surface area (TPSA) is 108 Å². The standard InChI is InChI=1S/C28H26N4O4/c33-22-14-21(31(16-22)15-18-7-9-32(35)10-8-18)17-36-23-5-6-26-20(11-23)13-27(29-26)24-12-19-3-1-2-4-25(19)30-28(24)34/h1-13,21-22,29,33H,14-17H2,(H,30,34)/t21-,22+/m0/s1. The van der Waals surface area contributed by atoms with Gasteiger partial charge in [-0.25, -0.2) is 0 Å². The van der Waals surface area contributed by atoms with E-state index in [-0.39, 0.29) is 11.6 Å². The van der Waals surface area contributed by atoms with Crippen LogP contribution in [0.2, 0.25) is 0 Å². The van der Waals surface area contributed by atoms with Gasteiger partial charge in [-0.15, -0.1) is 0 Å². The Hall–Kier alpha value is -4.14. The molecule has 0 radical (unpaired) electrons. The molecule has 0 spiro atoms. The average molecular weight is 483 g/mol. The van der Waals surface area contributed by atoms with Gasteiger partial charge in [-0.1, -0.05) is 18.2 Å². The van der Waals surface area contributed by atoms with Crippen molar-refractivity contribution in [3.8, 4) is 17.0 Å². The second-order valence-electron chi connectivity index (χ2n) is 9.38. The number of ether oxygens (including phenoxy) is 1. The summed E-state index contributed by atoms with van der Waals surface area (Å²) in [5.41, 5.74) is 3.95. The van der Waals surface area contributed by atoms with E-state index < -0.39 is 6.10 Å². The van der Waals surface area contributed by atoms with Crippen LogP contribution in [0.5, 0.6) is 5.75 Å². The summed E-state index contributed by atoms with van der Waals surface area (Å²) in [6.45, 7) is 1.66. The minimum absolute atomic E-state index is 0.0632. The Bertz CT molecular complexity index is 1590. The van der Waals surface area contributed by atoms with Gasteiger partial charge in [0.05, 0.1) is 17.4 Å². The number of H-pyrrole nitrogens is 2. The van der Waals surface area contributed by atoms with E-state index in [0.717, 1.165) is 43.5 Å². The molecule has 2 atom stereocenters. The van der Waals surface area contributed by atoms with E-state index in [0.29, 0.717) is 31.7 Å². The van der Waals surface area contributed by atoms with E-state index in [2.05, 4.69) is 14.9 Å². The van der Waals surface area contributed by atoms with Gasteiger partial charge in [-0.2, -0.15) is 4.73 Å². The lowest BCUT2D eigenvalue weighted by Gasteiger charge is -2.24. The summed E-state index contributed by atoms with van der Waals surface area (Å²) in [6.07, 6.45) is 3.20. The number of benzene rings is 2. The smallest absolute Gasteiger partial charge is 0.257 e. The largest absolute Gasteiger partial charge is 0.619 e. The van der Waals surface area contributed by atoms with E-state index in [1.54, 1.807) is 12.1 Å². The van der Waals surface area contributed by atoms with Crippen LogP contribution in [-0.2, 0) is 6.54 Å². The summed E-state index contributed by atoms with van der Waals surface area (Å²) < 4.78 is 6.91. The molecular formula is C28H26N4O4. The molecule has 1 aliphatic rings. The predicted molar refractivity (Wildman–Crippen MR) is 138 cm³/mol. The second-order valence-corrected chi connectivity index (χ2v) is 9.38. The summed E-state index contributed by atoms with van der Waals surface area (Å²) in [5.74, 6) is 0.730. The first kappa shape index (κ1) is 22.3. The minimum atomic E-state index is -0.401. The quantitative estimate of drug-likeness (QED) is 0.254. The number of aliphatic hydroxyl groups excluding tert-OH is 1. The molecule has 0 saturated carbocycles. The Morgan fingerprint density at radius 2 is 1.81 bits per heavy atom. The molecule has 8 nitrogen and oxygen atoms in total. The molecule has 0 amide bonds. The molecule has 3 aromatic heterocycles. The lowest BCUT2D eigenvalue weighted by Crippen LogP contribution is -2.34. The normalized spacial score (nSPS) is 18.2. The van der Waals surface area contributed by atoms with Gasteiger partial charge < -0.3 is 25.0 Å². The molecule has 4 heterocycles. The highest BCUT2D eigenvalue weighted by molar-refractivity contribution is 5.89. The van der Waals surface area contributed by atoms with Crippen LogP contribution in [0, 0.1) is 5.21 Å². The van der Waals surface area contributed by atoms with Crippen molar-refractivity contribution < 1.29 is 14.6 Å². The van der Waals surface area contributed by atoms with Crippen LogP contribution in [0.3, 0.4) is 0 Å². The monoisotopic (exact) mass is 482 g/mol. The number of fused-ring (bicyclic) bond motifs is 2. The summed E-state index contributed by atoms with van der Waals surface area (Å²) >= 11 is 0. The fourth-order valence-electron chi connectivity index (χ4n) is 4.99. The van der Waals surface area contributed by atoms with E-state index in [9.17, 15) is 15.1 Å². The molecule has 2 aromatic carbocycles. The Morgan fingerprint density at radius 3 is 2.67 bits per heavy atom. The number of nitrogens with zero attached hydrogens (tertiary/aromatic N) is 2. The Morgan fingerprint density at radius 1 is 1.00 bits per heavy atom. The van der Waals surface area contributed by atoms with Crippen molar-refractivity contribution in [2.75, 3.05) is 13.2 Å². The van der Waals surface area contributed by atoms with Gasteiger partial charge in [-0.05, 0) is 53.8 Å². The number of hydrogen-bond acceptors (Lipinski definition) is 5. The number of aliphatic hydroxyl groups is 1. The van der Waals surface area contributed by atoms with Crippen molar-refractivity contribution in [2.24, 2.45) is 0 Å². The first-order chi connectivity index (χ1) is 17.5. The highest BCUT2D eigenvalue weighted by Gasteiger charge is 2.31. The lowest BCUT2D eigenvalue weighted by molar-refractivity contribution is -0.605. The molecule has 8 heteroatoms. The molecular weight excluding hydrogens is 456 g/mol. The van der Waals surface area contributed by atoms with Crippen molar-refractivity contribution in [2.45, 2.75) is 25.1 Å². The molecule has 0 unspecified atom stereocenters. The molecule has 182 valence electrons. The third-order valence-corrected chi connectivity index (χ3v) is 6.84. The first-order valence-corrected chi connectivity index (χ1v) is 12.0. The van der Waals surface area contributed by atoms with Gasteiger partial charge in [0.15, 0.2) is 12.4 Å². The van der Waals surface area contributed by atoms with Crippen LogP contribution < -0.4 is 15.0 Å².